The third-order valence-electron chi connectivity index (χ3n) is 5.08. The predicted molar refractivity (Wildman–Crippen MR) is 116 cm³/mol. The minimum absolute atomic E-state index is 0.193. The van der Waals surface area contributed by atoms with Gasteiger partial charge in [0.15, 0.2) is 0 Å². The molecule has 1 fully saturated rings. The summed E-state index contributed by atoms with van der Waals surface area (Å²) >= 11 is 6.19. The summed E-state index contributed by atoms with van der Waals surface area (Å²) < 4.78 is 26.9. The van der Waals surface area contributed by atoms with E-state index in [0.29, 0.717) is 29.1 Å². The summed E-state index contributed by atoms with van der Waals surface area (Å²) in [6.07, 6.45) is 0.817. The van der Waals surface area contributed by atoms with Gasteiger partial charge in [-0.25, -0.2) is 8.42 Å². The van der Waals surface area contributed by atoms with E-state index in [2.05, 4.69) is 5.32 Å². The Balaban J connectivity index is 1.65. The Morgan fingerprint density at radius 3 is 2.30 bits per heavy atom. The molecule has 160 valence electrons. The lowest BCUT2D eigenvalue weighted by atomic mass is 9.97. The topological polar surface area (TPSA) is 86.8 Å². The van der Waals surface area contributed by atoms with Crippen LogP contribution in [0, 0.1) is 5.92 Å². The van der Waals surface area contributed by atoms with Gasteiger partial charge in [-0.15, -0.1) is 0 Å². The molecule has 7 nitrogen and oxygen atoms in total. The van der Waals surface area contributed by atoms with Crippen molar-refractivity contribution >= 4 is 39.1 Å². The Labute approximate surface area is 181 Å². The van der Waals surface area contributed by atoms with Crippen LogP contribution in [0.3, 0.4) is 0 Å². The van der Waals surface area contributed by atoms with E-state index in [-0.39, 0.29) is 35.7 Å². The molecular formula is C21H24ClN3O4S. The summed E-state index contributed by atoms with van der Waals surface area (Å²) in [4.78, 5) is 26.6. The zero-order valence-corrected chi connectivity index (χ0v) is 18.4. The van der Waals surface area contributed by atoms with Gasteiger partial charge in [-0.05, 0) is 43.2 Å². The van der Waals surface area contributed by atoms with Gasteiger partial charge in [0, 0.05) is 38.7 Å². The highest BCUT2D eigenvalue weighted by Gasteiger charge is 2.32. The fourth-order valence-corrected chi connectivity index (χ4v) is 5.00. The van der Waals surface area contributed by atoms with Gasteiger partial charge in [0.25, 0.3) is 5.91 Å². The average Bonchev–Trinajstić information content (AvgIpc) is 2.75. The first-order valence-electron chi connectivity index (χ1n) is 9.57. The first kappa shape index (κ1) is 22.3. The molecule has 2 amide bonds. The van der Waals surface area contributed by atoms with Gasteiger partial charge in [0.1, 0.15) is 0 Å². The van der Waals surface area contributed by atoms with Crippen LogP contribution in [0.5, 0.6) is 0 Å². The minimum atomic E-state index is -3.56. The van der Waals surface area contributed by atoms with Crippen molar-refractivity contribution in [3.05, 3.63) is 59.1 Å². The largest absolute Gasteiger partial charge is 0.345 e. The summed E-state index contributed by atoms with van der Waals surface area (Å²) in [6.45, 7) is 0.532. The molecule has 9 heteroatoms. The number of rotatable bonds is 5. The van der Waals surface area contributed by atoms with Gasteiger partial charge < -0.3 is 10.2 Å². The SMILES string of the molecule is CN(C)C(=O)c1ccc(Cl)c(NC(=O)C2CCN(S(=O)(=O)c3ccccc3)CC2)c1. The fraction of sp³-hybridized carbons (Fsp3) is 0.333. The summed E-state index contributed by atoms with van der Waals surface area (Å²) in [5.41, 5.74) is 0.789. The monoisotopic (exact) mass is 449 g/mol. The number of anilines is 1. The molecule has 2 aromatic carbocycles. The number of carbonyl (C=O) groups is 2. The van der Waals surface area contributed by atoms with E-state index in [9.17, 15) is 18.0 Å². The number of hydrogen-bond donors (Lipinski definition) is 1. The smallest absolute Gasteiger partial charge is 0.253 e. The lowest BCUT2D eigenvalue weighted by Gasteiger charge is -2.30. The molecule has 0 unspecified atom stereocenters. The Bertz CT molecular complexity index is 1030. The van der Waals surface area contributed by atoms with Crippen LogP contribution in [-0.4, -0.2) is 56.6 Å². The van der Waals surface area contributed by atoms with Crippen LogP contribution in [0.15, 0.2) is 53.4 Å². The number of sulfonamides is 1. The van der Waals surface area contributed by atoms with Gasteiger partial charge in [-0.3, -0.25) is 9.59 Å². The van der Waals surface area contributed by atoms with Crippen LogP contribution >= 0.6 is 11.6 Å². The highest BCUT2D eigenvalue weighted by molar-refractivity contribution is 7.89. The Morgan fingerprint density at radius 1 is 1.07 bits per heavy atom. The van der Waals surface area contributed by atoms with Crippen LogP contribution in [0.4, 0.5) is 5.69 Å². The van der Waals surface area contributed by atoms with Crippen LogP contribution in [0.1, 0.15) is 23.2 Å². The van der Waals surface area contributed by atoms with E-state index < -0.39 is 10.0 Å². The van der Waals surface area contributed by atoms with E-state index in [1.807, 2.05) is 0 Å². The van der Waals surface area contributed by atoms with Gasteiger partial charge in [-0.2, -0.15) is 4.31 Å². The molecule has 1 aliphatic heterocycles. The van der Waals surface area contributed by atoms with Crippen molar-refractivity contribution in [2.24, 2.45) is 5.92 Å². The van der Waals surface area contributed by atoms with Crippen molar-refractivity contribution in [2.75, 3.05) is 32.5 Å². The molecule has 3 rings (SSSR count). The summed E-state index contributed by atoms with van der Waals surface area (Å²) in [7, 11) is -0.271. The Kier molecular flexibility index (Phi) is 6.80. The molecule has 2 aromatic rings. The number of piperidine rings is 1. The maximum Gasteiger partial charge on any atom is 0.253 e. The zero-order valence-electron chi connectivity index (χ0n) is 16.8. The second kappa shape index (κ2) is 9.16. The molecule has 0 saturated carbocycles. The molecule has 0 aliphatic carbocycles. The predicted octanol–water partition coefficient (Wildman–Crippen LogP) is 3.08. The lowest BCUT2D eigenvalue weighted by molar-refractivity contribution is -0.120. The number of hydrogen-bond acceptors (Lipinski definition) is 4. The van der Waals surface area contributed by atoms with E-state index in [1.54, 1.807) is 62.6 Å². The van der Waals surface area contributed by atoms with Crippen LogP contribution in [-0.2, 0) is 14.8 Å². The standard InChI is InChI=1S/C21H24ClN3O4S/c1-24(2)21(27)16-8-9-18(22)19(14-16)23-20(26)15-10-12-25(13-11-15)30(28,29)17-6-4-3-5-7-17/h3-9,14-15H,10-13H2,1-2H3,(H,23,26). The molecule has 1 aliphatic rings. The van der Waals surface area contributed by atoms with Crippen LogP contribution < -0.4 is 5.32 Å². The van der Waals surface area contributed by atoms with E-state index >= 15 is 0 Å². The van der Waals surface area contributed by atoms with E-state index in [1.165, 1.54) is 9.21 Å². The van der Waals surface area contributed by atoms with Gasteiger partial charge >= 0.3 is 0 Å². The molecule has 1 heterocycles. The fourth-order valence-electron chi connectivity index (χ4n) is 3.35. The molecule has 1 N–H and O–H groups in total. The van der Waals surface area contributed by atoms with Crippen LogP contribution in [0.25, 0.3) is 0 Å². The summed E-state index contributed by atoms with van der Waals surface area (Å²) in [5.74, 6) is -0.763. The molecule has 0 bridgehead atoms. The molecule has 0 radical (unpaired) electrons. The third kappa shape index (κ3) is 4.83. The summed E-state index contributed by atoms with van der Waals surface area (Å²) in [5, 5.41) is 3.13. The maximum absolute atomic E-state index is 12.7. The van der Waals surface area contributed by atoms with Crippen molar-refractivity contribution in [1.29, 1.82) is 0 Å². The third-order valence-corrected chi connectivity index (χ3v) is 7.33. The quantitative estimate of drug-likeness (QED) is 0.759. The maximum atomic E-state index is 12.7. The zero-order chi connectivity index (χ0) is 21.9. The highest BCUT2D eigenvalue weighted by atomic mass is 35.5. The minimum Gasteiger partial charge on any atom is -0.345 e. The highest BCUT2D eigenvalue weighted by Crippen LogP contribution is 2.27. The van der Waals surface area contributed by atoms with Gasteiger partial charge in [0.2, 0.25) is 15.9 Å². The second-order valence-corrected chi connectivity index (χ2v) is 9.72. The number of carbonyl (C=O) groups excluding carboxylic acids is 2. The van der Waals surface area contributed by atoms with Gasteiger partial charge in [-0.1, -0.05) is 29.8 Å². The number of halogens is 1. The Morgan fingerprint density at radius 2 is 1.70 bits per heavy atom. The van der Waals surface area contributed by atoms with E-state index in [0.717, 1.165) is 0 Å². The van der Waals surface area contributed by atoms with Crippen molar-refractivity contribution < 1.29 is 18.0 Å². The van der Waals surface area contributed by atoms with Crippen molar-refractivity contribution in [1.82, 2.24) is 9.21 Å². The number of amides is 2. The normalized spacial score (nSPS) is 15.6. The molecule has 0 aromatic heterocycles. The Hall–Kier alpha value is -2.42. The molecule has 0 spiro atoms. The first-order chi connectivity index (χ1) is 14.2. The molecule has 1 saturated heterocycles. The lowest BCUT2D eigenvalue weighted by Crippen LogP contribution is -2.41. The van der Waals surface area contributed by atoms with Crippen molar-refractivity contribution in [3.8, 4) is 0 Å². The number of nitrogens with zero attached hydrogens (tertiary/aromatic N) is 2. The van der Waals surface area contributed by atoms with Crippen LogP contribution in [0.2, 0.25) is 5.02 Å². The first-order valence-corrected chi connectivity index (χ1v) is 11.4. The van der Waals surface area contributed by atoms with Crippen molar-refractivity contribution in [2.45, 2.75) is 17.7 Å². The molecular weight excluding hydrogens is 426 g/mol. The second-order valence-electron chi connectivity index (χ2n) is 7.37. The number of benzene rings is 2. The summed E-state index contributed by atoms with van der Waals surface area (Å²) in [6, 6.07) is 13.0. The molecule has 30 heavy (non-hydrogen) atoms. The van der Waals surface area contributed by atoms with Crippen molar-refractivity contribution in [3.63, 3.8) is 0 Å². The molecule has 0 atom stereocenters. The van der Waals surface area contributed by atoms with E-state index in [4.69, 9.17) is 11.6 Å². The van der Waals surface area contributed by atoms with Gasteiger partial charge in [0.05, 0.1) is 15.6 Å². The average molecular weight is 450 g/mol. The number of nitrogens with one attached hydrogen (secondary N) is 1.